The number of Topliss-reactive ketones (excluding diaryl/α,β-unsaturated/α-hetero) is 1. The van der Waals surface area contributed by atoms with E-state index >= 15 is 0 Å². The van der Waals surface area contributed by atoms with Gasteiger partial charge < -0.3 is 30.3 Å². The van der Waals surface area contributed by atoms with Gasteiger partial charge in [-0.25, -0.2) is 0 Å². The normalized spacial score (nSPS) is 68.9. The fourth-order valence-corrected chi connectivity index (χ4v) is 8.38. The van der Waals surface area contributed by atoms with Gasteiger partial charge in [-0.2, -0.15) is 0 Å². The third-order valence-corrected chi connectivity index (χ3v) is 10.0. The van der Waals surface area contributed by atoms with Crippen LogP contribution in [-0.2, 0) is 9.53 Å². The first-order chi connectivity index (χ1) is 12.1. The van der Waals surface area contributed by atoms with E-state index < -0.39 is 62.2 Å². The van der Waals surface area contributed by atoms with Crippen molar-refractivity contribution in [1.29, 1.82) is 0 Å². The molecule has 0 aromatic rings. The van der Waals surface area contributed by atoms with Gasteiger partial charge in [-0.1, -0.05) is 27.7 Å². The van der Waals surface area contributed by atoms with Crippen LogP contribution in [0.5, 0.6) is 0 Å². The zero-order valence-corrected chi connectivity index (χ0v) is 16.5. The van der Waals surface area contributed by atoms with Crippen LogP contribution in [0.25, 0.3) is 0 Å². The third kappa shape index (κ3) is 1.12. The molecule has 2 saturated heterocycles. The van der Waals surface area contributed by atoms with E-state index in [0.717, 1.165) is 0 Å². The van der Waals surface area contributed by atoms with Crippen LogP contribution >= 0.6 is 0 Å². The van der Waals surface area contributed by atoms with E-state index in [0.29, 0.717) is 6.42 Å². The van der Waals surface area contributed by atoms with Gasteiger partial charge in [-0.3, -0.25) is 4.79 Å². The van der Waals surface area contributed by atoms with Crippen LogP contribution in [0.3, 0.4) is 0 Å². The molecule has 0 radical (unpaired) electrons. The standard InChI is InChI=1S/C20H30O7/c1-10(2)15(22)9-17(24)13(4)8-18(25)14(15,5)20(17,26)19(27-18)12(21)11(3)6-7-16(13,19)23/h10-11,22-26H,6-9H2,1-5H3. The molecular formula is C20H30O7. The molecule has 0 aromatic carbocycles. The highest BCUT2D eigenvalue weighted by Gasteiger charge is 3.07. The molecule has 9 atom stereocenters. The van der Waals surface area contributed by atoms with Gasteiger partial charge in [-0.05, 0) is 25.7 Å². The van der Waals surface area contributed by atoms with Crippen molar-refractivity contribution in [1.82, 2.24) is 0 Å². The van der Waals surface area contributed by atoms with Crippen LogP contribution in [0, 0.1) is 22.7 Å². The first-order valence-corrected chi connectivity index (χ1v) is 9.97. The molecular weight excluding hydrogens is 352 g/mol. The van der Waals surface area contributed by atoms with Crippen LogP contribution in [-0.4, -0.2) is 65.1 Å². The number of carbonyl (C=O) groups is 1. The quantitative estimate of drug-likeness (QED) is 0.427. The molecule has 9 unspecified atom stereocenters. The Kier molecular flexibility index (Phi) is 2.75. The van der Waals surface area contributed by atoms with E-state index in [9.17, 15) is 30.3 Å². The Bertz CT molecular complexity index is 799. The Morgan fingerprint density at radius 3 is 2.19 bits per heavy atom. The molecule has 6 fully saturated rings. The largest absolute Gasteiger partial charge is 0.389 e. The van der Waals surface area contributed by atoms with Crippen LogP contribution < -0.4 is 0 Å². The van der Waals surface area contributed by atoms with Crippen molar-refractivity contribution in [2.45, 2.75) is 94.1 Å². The average Bonchev–Trinajstić information content (AvgIpc) is 2.82. The number of aliphatic hydroxyl groups is 5. The Morgan fingerprint density at radius 2 is 1.63 bits per heavy atom. The fourth-order valence-electron chi connectivity index (χ4n) is 8.38. The summed E-state index contributed by atoms with van der Waals surface area (Å²) in [6.45, 7) is 8.33. The first kappa shape index (κ1) is 18.5. The lowest BCUT2D eigenvalue weighted by molar-refractivity contribution is -0.369. The summed E-state index contributed by atoms with van der Waals surface area (Å²) in [4.78, 5) is 13.5. The molecule has 7 heteroatoms. The maximum atomic E-state index is 13.5. The highest BCUT2D eigenvalue weighted by Crippen LogP contribution is 2.89. The van der Waals surface area contributed by atoms with Crippen molar-refractivity contribution < 1.29 is 35.1 Å². The van der Waals surface area contributed by atoms with E-state index in [1.54, 1.807) is 27.7 Å². The van der Waals surface area contributed by atoms with E-state index in [1.165, 1.54) is 6.92 Å². The third-order valence-electron chi connectivity index (χ3n) is 10.0. The lowest BCUT2D eigenvalue weighted by Gasteiger charge is -2.59. The van der Waals surface area contributed by atoms with E-state index in [2.05, 4.69) is 0 Å². The van der Waals surface area contributed by atoms with Crippen LogP contribution in [0.1, 0.15) is 60.3 Å². The number of carbonyl (C=O) groups excluding carboxylic acids is 1. The summed E-state index contributed by atoms with van der Waals surface area (Å²) in [7, 11) is 0. The van der Waals surface area contributed by atoms with Gasteiger partial charge in [0.1, 0.15) is 16.8 Å². The predicted molar refractivity (Wildman–Crippen MR) is 92.3 cm³/mol. The van der Waals surface area contributed by atoms with Crippen molar-refractivity contribution in [3.63, 3.8) is 0 Å². The summed E-state index contributed by atoms with van der Waals surface area (Å²) in [5, 5.41) is 59.4. The Hall–Kier alpha value is -0.570. The minimum Gasteiger partial charge on any atom is -0.389 e. The second-order valence-electron chi connectivity index (χ2n) is 10.7. The molecule has 0 aromatic heterocycles. The molecule has 4 aliphatic carbocycles. The summed E-state index contributed by atoms with van der Waals surface area (Å²) >= 11 is 0. The molecule has 7 nitrogen and oxygen atoms in total. The Labute approximate surface area is 158 Å². The minimum atomic E-state index is -2.31. The minimum absolute atomic E-state index is 0.162. The Balaban J connectivity index is 1.95. The zero-order chi connectivity index (χ0) is 20.3. The molecule has 6 rings (SSSR count). The summed E-state index contributed by atoms with van der Waals surface area (Å²) in [5.74, 6) is -3.48. The van der Waals surface area contributed by atoms with Gasteiger partial charge in [0.25, 0.3) is 0 Å². The molecule has 0 amide bonds. The first-order valence-electron chi connectivity index (χ1n) is 9.97. The lowest BCUT2D eigenvalue weighted by Crippen LogP contribution is -2.73. The van der Waals surface area contributed by atoms with Gasteiger partial charge in [0.05, 0.1) is 11.0 Å². The number of hydrogen-bond donors (Lipinski definition) is 5. The second-order valence-corrected chi connectivity index (χ2v) is 10.7. The number of rotatable bonds is 1. The van der Waals surface area contributed by atoms with Crippen molar-refractivity contribution in [3.05, 3.63) is 0 Å². The summed E-state index contributed by atoms with van der Waals surface area (Å²) in [6.07, 6.45) is 0.182. The van der Waals surface area contributed by atoms with E-state index in [1.807, 2.05) is 0 Å². The van der Waals surface area contributed by atoms with Crippen molar-refractivity contribution in [2.75, 3.05) is 0 Å². The summed E-state index contributed by atoms with van der Waals surface area (Å²) < 4.78 is 6.02. The zero-order valence-electron chi connectivity index (χ0n) is 16.5. The molecule has 6 bridgehead atoms. The van der Waals surface area contributed by atoms with Crippen LogP contribution in [0.15, 0.2) is 0 Å². The van der Waals surface area contributed by atoms with Gasteiger partial charge in [-0.15, -0.1) is 0 Å². The molecule has 152 valence electrons. The van der Waals surface area contributed by atoms with E-state index in [4.69, 9.17) is 4.74 Å². The number of ether oxygens (including phenoxy) is 1. The predicted octanol–water partition coefficient (Wildman–Crippen LogP) is -0.143. The van der Waals surface area contributed by atoms with Gasteiger partial charge in [0.2, 0.25) is 0 Å². The van der Waals surface area contributed by atoms with Crippen molar-refractivity contribution >= 4 is 5.78 Å². The number of ketones is 1. The van der Waals surface area contributed by atoms with Gasteiger partial charge >= 0.3 is 0 Å². The number of hydrogen-bond acceptors (Lipinski definition) is 7. The highest BCUT2D eigenvalue weighted by atomic mass is 16.7. The monoisotopic (exact) mass is 382 g/mol. The van der Waals surface area contributed by atoms with Gasteiger partial charge in [0.15, 0.2) is 17.2 Å². The van der Waals surface area contributed by atoms with Gasteiger partial charge in [0, 0.05) is 24.2 Å². The second kappa shape index (κ2) is 4.02. The van der Waals surface area contributed by atoms with Crippen molar-refractivity contribution in [2.24, 2.45) is 22.7 Å². The molecule has 4 saturated carbocycles. The maximum Gasteiger partial charge on any atom is 0.191 e. The topological polar surface area (TPSA) is 127 Å². The van der Waals surface area contributed by atoms with Crippen LogP contribution in [0.2, 0.25) is 0 Å². The van der Waals surface area contributed by atoms with Crippen molar-refractivity contribution in [3.8, 4) is 0 Å². The Morgan fingerprint density at radius 1 is 1.04 bits per heavy atom. The fraction of sp³-hybridized carbons (Fsp3) is 0.950. The molecule has 5 N–H and O–H groups in total. The van der Waals surface area contributed by atoms with E-state index in [-0.39, 0.29) is 19.3 Å². The molecule has 2 heterocycles. The van der Waals surface area contributed by atoms with Crippen LogP contribution in [0.4, 0.5) is 0 Å². The molecule has 2 aliphatic heterocycles. The lowest BCUT2D eigenvalue weighted by atomic mass is 9.52. The summed E-state index contributed by atoms with van der Waals surface area (Å²) in [5.41, 5.74) is -13.1. The average molecular weight is 382 g/mol. The molecule has 6 aliphatic rings. The highest BCUT2D eigenvalue weighted by molar-refractivity contribution is 5.96. The molecule has 27 heavy (non-hydrogen) atoms. The SMILES string of the molecule is CC1CCC2(O)C3(C)CC4(O)OC2(C1=O)C1(O)C3(O)CC(O)(C(C)C)C41C. The molecule has 1 spiro atoms. The maximum absolute atomic E-state index is 13.5. The summed E-state index contributed by atoms with van der Waals surface area (Å²) in [6, 6.07) is 0. The smallest absolute Gasteiger partial charge is 0.191 e.